The van der Waals surface area contributed by atoms with Gasteiger partial charge in [0.2, 0.25) is 10.0 Å². The molecule has 3 rings (SSSR count). The van der Waals surface area contributed by atoms with Gasteiger partial charge in [-0.3, -0.25) is 4.72 Å². The Hall–Kier alpha value is -1.61. The van der Waals surface area contributed by atoms with Crippen LogP contribution in [0.5, 0.6) is 0 Å². The fraction of sp³-hybridized carbons (Fsp3) is 0.200. The maximum atomic E-state index is 12.3. The first kappa shape index (κ1) is 17.2. The minimum atomic E-state index is -3.85. The van der Waals surface area contributed by atoms with E-state index < -0.39 is 20.0 Å². The second-order valence-electron chi connectivity index (χ2n) is 5.46. The summed E-state index contributed by atoms with van der Waals surface area (Å²) in [5.74, 6) is 0. The van der Waals surface area contributed by atoms with E-state index in [4.69, 9.17) is 11.6 Å². The summed E-state index contributed by atoms with van der Waals surface area (Å²) in [5.41, 5.74) is 0.250. The van der Waals surface area contributed by atoms with Crippen LogP contribution in [0.1, 0.15) is 12.8 Å². The highest BCUT2D eigenvalue weighted by molar-refractivity contribution is 7.92. The lowest BCUT2D eigenvalue weighted by Gasteiger charge is -2.10. The van der Waals surface area contributed by atoms with E-state index in [1.165, 1.54) is 36.4 Å². The Balaban J connectivity index is 1.80. The maximum absolute atomic E-state index is 12.3. The highest BCUT2D eigenvalue weighted by atomic mass is 35.5. The van der Waals surface area contributed by atoms with Crippen LogP contribution in [0.3, 0.4) is 0 Å². The van der Waals surface area contributed by atoms with Crippen LogP contribution in [-0.4, -0.2) is 22.9 Å². The van der Waals surface area contributed by atoms with Gasteiger partial charge in [0.05, 0.1) is 9.92 Å². The first-order valence-corrected chi connectivity index (χ1v) is 10.5. The molecule has 1 saturated carbocycles. The largest absolute Gasteiger partial charge is 0.280 e. The summed E-state index contributed by atoms with van der Waals surface area (Å²) in [6.07, 6.45) is 1.68. The van der Waals surface area contributed by atoms with E-state index in [0.717, 1.165) is 12.8 Å². The quantitative estimate of drug-likeness (QED) is 0.798. The van der Waals surface area contributed by atoms with E-state index in [1.54, 1.807) is 12.1 Å². The van der Waals surface area contributed by atoms with Gasteiger partial charge in [0, 0.05) is 11.7 Å². The smallest absolute Gasteiger partial charge is 0.263 e. The van der Waals surface area contributed by atoms with Crippen molar-refractivity contribution in [3.8, 4) is 0 Å². The molecule has 0 amide bonds. The van der Waals surface area contributed by atoms with E-state index in [1.807, 2.05) is 0 Å². The molecule has 0 heterocycles. The van der Waals surface area contributed by atoms with Crippen molar-refractivity contribution in [1.29, 1.82) is 0 Å². The van der Waals surface area contributed by atoms with Crippen molar-refractivity contribution >= 4 is 37.3 Å². The Morgan fingerprint density at radius 3 is 2.08 bits per heavy atom. The SMILES string of the molecule is O=S(=O)(NC1CC1)c1ccc(NS(=O)(=O)c2ccccc2Cl)cc1. The summed E-state index contributed by atoms with van der Waals surface area (Å²) in [7, 11) is -7.41. The van der Waals surface area contributed by atoms with Gasteiger partial charge in [-0.15, -0.1) is 0 Å². The molecule has 0 aliphatic heterocycles. The average molecular weight is 387 g/mol. The van der Waals surface area contributed by atoms with Crippen molar-refractivity contribution in [3.63, 3.8) is 0 Å². The molecule has 0 spiro atoms. The first-order chi connectivity index (χ1) is 11.3. The second-order valence-corrected chi connectivity index (χ2v) is 9.23. The first-order valence-electron chi connectivity index (χ1n) is 7.18. The lowest BCUT2D eigenvalue weighted by atomic mass is 10.3. The predicted octanol–water partition coefficient (Wildman–Crippen LogP) is 2.58. The second kappa shape index (κ2) is 6.36. The molecule has 0 saturated heterocycles. The normalized spacial score (nSPS) is 15.2. The molecule has 2 N–H and O–H groups in total. The van der Waals surface area contributed by atoms with E-state index >= 15 is 0 Å². The summed E-state index contributed by atoms with van der Waals surface area (Å²) >= 11 is 5.91. The standard InChI is InChI=1S/C15H15ClN2O4S2/c16-14-3-1-2-4-15(14)24(21,22)18-12-7-9-13(10-8-12)23(19,20)17-11-5-6-11/h1-4,7-11,17-18H,5-6H2. The molecule has 1 aliphatic carbocycles. The van der Waals surface area contributed by atoms with Crippen LogP contribution in [0.4, 0.5) is 5.69 Å². The zero-order valence-corrected chi connectivity index (χ0v) is 14.8. The maximum Gasteiger partial charge on any atom is 0.263 e. The van der Waals surface area contributed by atoms with Crippen LogP contribution in [0, 0.1) is 0 Å². The van der Waals surface area contributed by atoms with E-state index in [-0.39, 0.29) is 26.5 Å². The fourth-order valence-corrected chi connectivity index (χ4v) is 4.95. The van der Waals surface area contributed by atoms with Crippen LogP contribution in [0.15, 0.2) is 58.3 Å². The Morgan fingerprint density at radius 2 is 1.50 bits per heavy atom. The third-order valence-corrected chi connectivity index (χ3v) is 6.86. The zero-order chi connectivity index (χ0) is 17.4. The number of halogens is 1. The Bertz CT molecular complexity index is 953. The lowest BCUT2D eigenvalue weighted by molar-refractivity contribution is 0.581. The highest BCUT2D eigenvalue weighted by Gasteiger charge is 2.28. The van der Waals surface area contributed by atoms with Gasteiger partial charge in [-0.05, 0) is 49.2 Å². The molecule has 2 aromatic rings. The molecule has 2 aromatic carbocycles. The van der Waals surface area contributed by atoms with Crippen LogP contribution in [0.25, 0.3) is 0 Å². The number of sulfonamides is 2. The molecule has 0 aromatic heterocycles. The molecule has 1 fully saturated rings. The average Bonchev–Trinajstić information content (AvgIpc) is 3.31. The Kier molecular flexibility index (Phi) is 4.56. The highest BCUT2D eigenvalue weighted by Crippen LogP contribution is 2.25. The summed E-state index contributed by atoms with van der Waals surface area (Å²) < 4.78 is 53.8. The minimum Gasteiger partial charge on any atom is -0.280 e. The molecule has 9 heteroatoms. The number of nitrogens with one attached hydrogen (secondary N) is 2. The minimum absolute atomic E-state index is 0.00778. The third kappa shape index (κ3) is 3.89. The number of anilines is 1. The van der Waals surface area contributed by atoms with E-state index in [2.05, 4.69) is 9.44 Å². The van der Waals surface area contributed by atoms with E-state index in [9.17, 15) is 16.8 Å². The number of benzene rings is 2. The molecule has 128 valence electrons. The van der Waals surface area contributed by atoms with Gasteiger partial charge < -0.3 is 0 Å². The Morgan fingerprint density at radius 1 is 0.875 bits per heavy atom. The van der Waals surface area contributed by atoms with Crippen molar-refractivity contribution in [2.24, 2.45) is 0 Å². The third-order valence-electron chi connectivity index (χ3n) is 3.44. The summed E-state index contributed by atoms with van der Waals surface area (Å²) in [6.45, 7) is 0. The lowest BCUT2D eigenvalue weighted by Crippen LogP contribution is -2.25. The summed E-state index contributed by atoms with van der Waals surface area (Å²) in [4.78, 5) is 0.0499. The number of hydrogen-bond acceptors (Lipinski definition) is 4. The van der Waals surface area contributed by atoms with Gasteiger partial charge in [-0.1, -0.05) is 23.7 Å². The molecular weight excluding hydrogens is 372 g/mol. The fourth-order valence-electron chi connectivity index (χ4n) is 2.06. The van der Waals surface area contributed by atoms with Gasteiger partial charge in [0.15, 0.2) is 0 Å². The monoisotopic (exact) mass is 386 g/mol. The molecule has 6 nitrogen and oxygen atoms in total. The van der Waals surface area contributed by atoms with Crippen molar-refractivity contribution in [2.45, 2.75) is 28.7 Å². The van der Waals surface area contributed by atoms with Crippen LogP contribution in [0.2, 0.25) is 5.02 Å². The van der Waals surface area contributed by atoms with Crippen molar-refractivity contribution < 1.29 is 16.8 Å². The van der Waals surface area contributed by atoms with Gasteiger partial charge in [0.25, 0.3) is 10.0 Å². The van der Waals surface area contributed by atoms with Gasteiger partial charge >= 0.3 is 0 Å². The van der Waals surface area contributed by atoms with Crippen LogP contribution >= 0.6 is 11.6 Å². The van der Waals surface area contributed by atoms with Crippen LogP contribution < -0.4 is 9.44 Å². The molecular formula is C15H15ClN2O4S2. The van der Waals surface area contributed by atoms with Gasteiger partial charge in [-0.2, -0.15) is 0 Å². The topological polar surface area (TPSA) is 92.3 Å². The van der Waals surface area contributed by atoms with Crippen molar-refractivity contribution in [1.82, 2.24) is 4.72 Å². The predicted molar refractivity (Wildman–Crippen MR) is 92.0 cm³/mol. The molecule has 24 heavy (non-hydrogen) atoms. The number of hydrogen-bond donors (Lipinski definition) is 2. The van der Waals surface area contributed by atoms with E-state index in [0.29, 0.717) is 0 Å². The summed E-state index contributed by atoms with van der Waals surface area (Å²) in [5, 5.41) is 0.109. The van der Waals surface area contributed by atoms with Gasteiger partial charge in [-0.25, -0.2) is 21.6 Å². The zero-order valence-electron chi connectivity index (χ0n) is 12.4. The molecule has 0 atom stereocenters. The molecule has 0 bridgehead atoms. The Labute approximate surface area is 146 Å². The summed E-state index contributed by atoms with van der Waals surface area (Å²) in [6, 6.07) is 11.6. The molecule has 0 unspecified atom stereocenters. The van der Waals surface area contributed by atoms with Gasteiger partial charge in [0.1, 0.15) is 4.90 Å². The molecule has 0 radical (unpaired) electrons. The van der Waals surface area contributed by atoms with Crippen molar-refractivity contribution in [2.75, 3.05) is 4.72 Å². The molecule has 1 aliphatic rings. The number of rotatable bonds is 6. The van der Waals surface area contributed by atoms with Crippen LogP contribution in [-0.2, 0) is 20.0 Å². The van der Waals surface area contributed by atoms with Crippen molar-refractivity contribution in [3.05, 3.63) is 53.6 Å².